The Morgan fingerprint density at radius 1 is 1.82 bits per heavy atom. The Balaban J connectivity index is 2.19. The van der Waals surface area contributed by atoms with Gasteiger partial charge in [-0.05, 0) is 23.8 Å². The molecule has 1 aromatic rings. The summed E-state index contributed by atoms with van der Waals surface area (Å²) in [4.78, 5) is 1.50. The lowest BCUT2D eigenvalue weighted by Gasteiger charge is -2.05. The van der Waals surface area contributed by atoms with Crippen LogP contribution >= 0.6 is 22.9 Å². The number of alkyl halides is 1. The van der Waals surface area contributed by atoms with Crippen LogP contribution in [0.5, 0.6) is 0 Å². The van der Waals surface area contributed by atoms with Crippen LogP contribution in [0.15, 0.2) is 17.5 Å². The smallest absolute Gasteiger partial charge is 0.0260 e. The third-order valence-electron chi connectivity index (χ3n) is 2.68. The maximum Gasteiger partial charge on any atom is 0.0260 e. The van der Waals surface area contributed by atoms with Gasteiger partial charge in [0.15, 0.2) is 0 Å². The fourth-order valence-electron chi connectivity index (χ4n) is 1.58. The molecule has 2 unspecified atom stereocenters. The third kappa shape index (κ3) is 1.11. The van der Waals surface area contributed by atoms with Crippen LogP contribution in [-0.2, 0) is 5.41 Å². The summed E-state index contributed by atoms with van der Waals surface area (Å²) in [6, 6.07) is 4.34. The molecular formula is C9H11ClS. The van der Waals surface area contributed by atoms with Crippen molar-refractivity contribution in [2.75, 3.05) is 5.88 Å². The number of halogens is 1. The molecule has 0 spiro atoms. The molecule has 0 radical (unpaired) electrons. The zero-order valence-electron chi connectivity index (χ0n) is 6.51. The fraction of sp³-hybridized carbons (Fsp3) is 0.556. The standard InChI is InChI=1S/C9H11ClS/c1-9(5-7(9)6-10)8-3-2-4-11-8/h2-4,7H,5-6H2,1H3. The predicted molar refractivity (Wildman–Crippen MR) is 50.5 cm³/mol. The summed E-state index contributed by atoms with van der Waals surface area (Å²) in [5.41, 5.74) is 0.427. The molecule has 0 amide bonds. The molecule has 1 heterocycles. The Morgan fingerprint density at radius 2 is 2.64 bits per heavy atom. The van der Waals surface area contributed by atoms with Gasteiger partial charge in [-0.25, -0.2) is 0 Å². The molecule has 2 heteroatoms. The lowest BCUT2D eigenvalue weighted by Crippen LogP contribution is -2.01. The van der Waals surface area contributed by atoms with Crippen molar-refractivity contribution in [1.29, 1.82) is 0 Å². The van der Waals surface area contributed by atoms with Gasteiger partial charge in [-0.1, -0.05) is 13.0 Å². The average molecular weight is 187 g/mol. The van der Waals surface area contributed by atoms with E-state index in [0.29, 0.717) is 5.41 Å². The van der Waals surface area contributed by atoms with Crippen molar-refractivity contribution in [3.05, 3.63) is 22.4 Å². The molecule has 1 saturated carbocycles. The third-order valence-corrected chi connectivity index (χ3v) is 4.20. The van der Waals surface area contributed by atoms with Crippen molar-refractivity contribution in [3.63, 3.8) is 0 Å². The van der Waals surface area contributed by atoms with Crippen molar-refractivity contribution in [3.8, 4) is 0 Å². The second kappa shape index (κ2) is 2.49. The number of thiophene rings is 1. The first-order valence-corrected chi connectivity index (χ1v) is 5.29. The maximum absolute atomic E-state index is 5.80. The van der Waals surface area contributed by atoms with Gasteiger partial charge in [0.05, 0.1) is 0 Å². The molecule has 0 aromatic carbocycles. The normalized spacial score (nSPS) is 35.6. The van der Waals surface area contributed by atoms with Crippen LogP contribution in [0.4, 0.5) is 0 Å². The highest BCUT2D eigenvalue weighted by molar-refractivity contribution is 7.10. The van der Waals surface area contributed by atoms with Crippen molar-refractivity contribution in [2.24, 2.45) is 5.92 Å². The minimum absolute atomic E-state index is 0.427. The van der Waals surface area contributed by atoms with Gasteiger partial charge in [-0.15, -0.1) is 22.9 Å². The molecule has 1 aliphatic rings. The molecule has 1 aliphatic carbocycles. The molecule has 1 aromatic heterocycles. The maximum atomic E-state index is 5.80. The van der Waals surface area contributed by atoms with Gasteiger partial charge in [0.25, 0.3) is 0 Å². The van der Waals surface area contributed by atoms with E-state index in [1.54, 1.807) is 0 Å². The summed E-state index contributed by atoms with van der Waals surface area (Å²) in [5, 5.41) is 2.14. The zero-order chi connectivity index (χ0) is 7.90. The van der Waals surface area contributed by atoms with Crippen molar-refractivity contribution < 1.29 is 0 Å². The van der Waals surface area contributed by atoms with Crippen LogP contribution in [0, 0.1) is 5.92 Å². The van der Waals surface area contributed by atoms with E-state index in [9.17, 15) is 0 Å². The average Bonchev–Trinajstić information content (AvgIpc) is 2.55. The minimum Gasteiger partial charge on any atom is -0.148 e. The first-order valence-electron chi connectivity index (χ1n) is 3.87. The van der Waals surface area contributed by atoms with E-state index in [1.807, 2.05) is 11.3 Å². The van der Waals surface area contributed by atoms with Crippen molar-refractivity contribution in [1.82, 2.24) is 0 Å². The number of hydrogen-bond acceptors (Lipinski definition) is 1. The SMILES string of the molecule is CC1(c2cccs2)CC1CCl. The van der Waals surface area contributed by atoms with Gasteiger partial charge >= 0.3 is 0 Å². The van der Waals surface area contributed by atoms with Gasteiger partial charge in [-0.2, -0.15) is 0 Å². The summed E-state index contributed by atoms with van der Waals surface area (Å²) in [6.07, 6.45) is 1.27. The second-order valence-electron chi connectivity index (χ2n) is 3.45. The van der Waals surface area contributed by atoms with Crippen LogP contribution in [-0.4, -0.2) is 5.88 Å². The first-order chi connectivity index (χ1) is 5.27. The predicted octanol–water partition coefficient (Wildman–Crippen LogP) is 3.26. The Morgan fingerprint density at radius 3 is 3.09 bits per heavy atom. The molecule has 0 nitrogen and oxygen atoms in total. The molecule has 11 heavy (non-hydrogen) atoms. The van der Waals surface area contributed by atoms with Crippen LogP contribution in [0.2, 0.25) is 0 Å². The summed E-state index contributed by atoms with van der Waals surface area (Å²) >= 11 is 7.66. The van der Waals surface area contributed by atoms with E-state index in [0.717, 1.165) is 11.8 Å². The minimum atomic E-state index is 0.427. The molecular weight excluding hydrogens is 176 g/mol. The van der Waals surface area contributed by atoms with Crippen LogP contribution in [0.3, 0.4) is 0 Å². The Kier molecular flexibility index (Phi) is 1.73. The Hall–Kier alpha value is -0.0100. The fourth-order valence-corrected chi connectivity index (χ4v) is 3.01. The first kappa shape index (κ1) is 7.63. The van der Waals surface area contributed by atoms with Crippen LogP contribution in [0.1, 0.15) is 18.2 Å². The van der Waals surface area contributed by atoms with Gasteiger partial charge in [0.1, 0.15) is 0 Å². The van der Waals surface area contributed by atoms with Crippen molar-refractivity contribution in [2.45, 2.75) is 18.8 Å². The monoisotopic (exact) mass is 186 g/mol. The Bertz CT molecular complexity index is 242. The summed E-state index contributed by atoms with van der Waals surface area (Å²) in [6.45, 7) is 2.31. The van der Waals surface area contributed by atoms with E-state index < -0.39 is 0 Å². The van der Waals surface area contributed by atoms with E-state index in [4.69, 9.17) is 11.6 Å². The van der Waals surface area contributed by atoms with E-state index in [2.05, 4.69) is 24.4 Å². The lowest BCUT2D eigenvalue weighted by atomic mass is 10.1. The highest BCUT2D eigenvalue weighted by atomic mass is 35.5. The highest BCUT2D eigenvalue weighted by Crippen LogP contribution is 2.55. The molecule has 2 atom stereocenters. The van der Waals surface area contributed by atoms with Crippen molar-refractivity contribution >= 4 is 22.9 Å². The van der Waals surface area contributed by atoms with Gasteiger partial charge in [-0.3, -0.25) is 0 Å². The largest absolute Gasteiger partial charge is 0.148 e. The summed E-state index contributed by atoms with van der Waals surface area (Å²) < 4.78 is 0. The molecule has 2 rings (SSSR count). The van der Waals surface area contributed by atoms with Gasteiger partial charge in [0.2, 0.25) is 0 Å². The lowest BCUT2D eigenvalue weighted by molar-refractivity contribution is 0.721. The summed E-state index contributed by atoms with van der Waals surface area (Å²) in [7, 11) is 0. The van der Waals surface area contributed by atoms with Gasteiger partial charge < -0.3 is 0 Å². The second-order valence-corrected chi connectivity index (χ2v) is 4.71. The quantitative estimate of drug-likeness (QED) is 0.622. The molecule has 0 N–H and O–H groups in total. The van der Waals surface area contributed by atoms with Crippen LogP contribution in [0.25, 0.3) is 0 Å². The molecule has 0 aliphatic heterocycles. The van der Waals surface area contributed by atoms with Gasteiger partial charge in [0, 0.05) is 16.2 Å². The summed E-state index contributed by atoms with van der Waals surface area (Å²) in [5.74, 6) is 1.54. The number of rotatable bonds is 2. The van der Waals surface area contributed by atoms with Crippen LogP contribution < -0.4 is 0 Å². The van der Waals surface area contributed by atoms with E-state index in [-0.39, 0.29) is 0 Å². The molecule has 0 saturated heterocycles. The zero-order valence-corrected chi connectivity index (χ0v) is 8.08. The topological polar surface area (TPSA) is 0 Å². The highest BCUT2D eigenvalue weighted by Gasteiger charge is 2.50. The molecule has 0 bridgehead atoms. The van der Waals surface area contributed by atoms with E-state index in [1.165, 1.54) is 11.3 Å². The number of hydrogen-bond donors (Lipinski definition) is 0. The Labute approximate surface area is 76.2 Å². The van der Waals surface area contributed by atoms with E-state index >= 15 is 0 Å². The molecule has 1 fully saturated rings. The molecule has 60 valence electrons.